The maximum Gasteiger partial charge on any atom is 0.329 e. The van der Waals surface area contributed by atoms with Gasteiger partial charge in [0.1, 0.15) is 5.75 Å². The highest BCUT2D eigenvalue weighted by Crippen LogP contribution is 2.25. The topological polar surface area (TPSA) is 109 Å². The molecule has 0 aromatic heterocycles. The molecule has 2 aromatic carbocycles. The van der Waals surface area contributed by atoms with Crippen molar-refractivity contribution in [1.29, 1.82) is 0 Å². The number of phenolic OH excluding ortho intramolecular Hbond substituents is 1. The first-order valence-electron chi connectivity index (χ1n) is 8.09. The summed E-state index contributed by atoms with van der Waals surface area (Å²) in [6, 6.07) is 11.3. The van der Waals surface area contributed by atoms with Gasteiger partial charge in [0.2, 0.25) is 0 Å². The normalized spacial score (nSPS) is 11.7. The van der Waals surface area contributed by atoms with Crippen LogP contribution in [-0.4, -0.2) is 37.4 Å². The highest BCUT2D eigenvalue weighted by molar-refractivity contribution is 6.35. The van der Waals surface area contributed by atoms with E-state index in [1.807, 2.05) is 0 Å². The van der Waals surface area contributed by atoms with Crippen molar-refractivity contribution in [2.75, 3.05) is 14.2 Å². The molecule has 3 N–H and O–H groups in total. The van der Waals surface area contributed by atoms with Crippen LogP contribution in [0.25, 0.3) is 0 Å². The average molecular weight is 371 g/mol. The fourth-order valence-corrected chi connectivity index (χ4v) is 2.23. The number of amides is 2. The minimum absolute atomic E-state index is 0.00872. The van der Waals surface area contributed by atoms with Crippen LogP contribution < -0.4 is 20.2 Å². The zero-order valence-corrected chi connectivity index (χ0v) is 15.2. The molecule has 0 heterocycles. The molecule has 2 amide bonds. The van der Waals surface area contributed by atoms with E-state index in [2.05, 4.69) is 15.8 Å². The second-order valence-electron chi connectivity index (χ2n) is 5.60. The molecule has 0 spiro atoms. The van der Waals surface area contributed by atoms with Crippen LogP contribution in [0, 0.1) is 0 Å². The summed E-state index contributed by atoms with van der Waals surface area (Å²) in [4.78, 5) is 23.8. The third-order valence-corrected chi connectivity index (χ3v) is 3.75. The summed E-state index contributed by atoms with van der Waals surface area (Å²) in [5.41, 5.74) is 3.56. The molecular formula is C19H21N3O5. The Morgan fingerprint density at radius 1 is 1.07 bits per heavy atom. The van der Waals surface area contributed by atoms with Crippen LogP contribution in [0.2, 0.25) is 0 Å². The molecule has 142 valence electrons. The molecule has 0 bridgehead atoms. The van der Waals surface area contributed by atoms with Gasteiger partial charge in [-0.05, 0) is 48.4 Å². The number of benzene rings is 2. The van der Waals surface area contributed by atoms with Crippen molar-refractivity contribution in [3.05, 3.63) is 53.6 Å². The molecule has 0 saturated heterocycles. The van der Waals surface area contributed by atoms with Crippen molar-refractivity contribution in [2.45, 2.75) is 13.0 Å². The Kier molecular flexibility index (Phi) is 6.76. The Morgan fingerprint density at radius 2 is 1.78 bits per heavy atom. The van der Waals surface area contributed by atoms with E-state index in [-0.39, 0.29) is 17.5 Å². The quantitative estimate of drug-likeness (QED) is 0.407. The monoisotopic (exact) mass is 371 g/mol. The molecule has 1 unspecified atom stereocenters. The first kappa shape index (κ1) is 19.8. The number of carbonyl (C=O) groups is 2. The molecule has 1 atom stereocenters. The minimum Gasteiger partial charge on any atom is -0.504 e. The smallest absolute Gasteiger partial charge is 0.329 e. The summed E-state index contributed by atoms with van der Waals surface area (Å²) in [6.07, 6.45) is 1.33. The number of methoxy groups -OCH3 is 2. The number of rotatable bonds is 6. The number of ether oxygens (including phenoxy) is 2. The van der Waals surface area contributed by atoms with E-state index in [9.17, 15) is 14.7 Å². The summed E-state index contributed by atoms with van der Waals surface area (Å²) in [5.74, 6) is -0.728. The predicted octanol–water partition coefficient (Wildman–Crippen LogP) is 1.74. The van der Waals surface area contributed by atoms with Crippen LogP contribution in [0.15, 0.2) is 47.6 Å². The summed E-state index contributed by atoms with van der Waals surface area (Å²) >= 11 is 0. The van der Waals surface area contributed by atoms with Crippen LogP contribution in [0.5, 0.6) is 17.2 Å². The summed E-state index contributed by atoms with van der Waals surface area (Å²) < 4.78 is 10.1. The van der Waals surface area contributed by atoms with E-state index in [4.69, 9.17) is 9.47 Å². The molecule has 0 fully saturated rings. The molecule has 0 saturated carbocycles. The molecule has 0 aliphatic heterocycles. The first-order valence-corrected chi connectivity index (χ1v) is 8.09. The van der Waals surface area contributed by atoms with Gasteiger partial charge in [0.25, 0.3) is 0 Å². The Balaban J connectivity index is 1.90. The Labute approximate surface area is 156 Å². The molecule has 27 heavy (non-hydrogen) atoms. The number of nitrogens with one attached hydrogen (secondary N) is 2. The van der Waals surface area contributed by atoms with Gasteiger partial charge in [-0.1, -0.05) is 12.1 Å². The van der Waals surface area contributed by atoms with Crippen LogP contribution in [-0.2, 0) is 9.59 Å². The Bertz CT molecular complexity index is 834. The van der Waals surface area contributed by atoms with Crippen LogP contribution in [0.1, 0.15) is 24.1 Å². The van der Waals surface area contributed by atoms with E-state index in [0.29, 0.717) is 11.3 Å². The number of hydrogen-bond donors (Lipinski definition) is 3. The van der Waals surface area contributed by atoms with E-state index in [1.54, 1.807) is 44.4 Å². The third kappa shape index (κ3) is 5.46. The standard InChI is InChI=1S/C19H21N3O5/c1-12(14-5-7-15(26-2)8-6-14)21-18(24)19(25)22-20-11-13-4-9-16(23)17(10-13)27-3/h4-12,23H,1-3H3,(H,21,24)(H,22,25)/b20-11+. The third-order valence-electron chi connectivity index (χ3n) is 3.75. The van der Waals surface area contributed by atoms with E-state index >= 15 is 0 Å². The van der Waals surface area contributed by atoms with Crippen LogP contribution in [0.3, 0.4) is 0 Å². The maximum atomic E-state index is 12.0. The van der Waals surface area contributed by atoms with Crippen molar-refractivity contribution in [2.24, 2.45) is 5.10 Å². The van der Waals surface area contributed by atoms with Gasteiger partial charge in [0.15, 0.2) is 11.5 Å². The van der Waals surface area contributed by atoms with Gasteiger partial charge in [0, 0.05) is 0 Å². The molecular weight excluding hydrogens is 350 g/mol. The van der Waals surface area contributed by atoms with Gasteiger partial charge in [-0.15, -0.1) is 0 Å². The summed E-state index contributed by atoms with van der Waals surface area (Å²) in [6.45, 7) is 1.76. The van der Waals surface area contributed by atoms with Crippen molar-refractivity contribution in [3.8, 4) is 17.2 Å². The second-order valence-corrected chi connectivity index (χ2v) is 5.60. The summed E-state index contributed by atoms with van der Waals surface area (Å²) in [7, 11) is 2.99. The van der Waals surface area contributed by atoms with Gasteiger partial charge < -0.3 is 19.9 Å². The van der Waals surface area contributed by atoms with Crippen molar-refractivity contribution >= 4 is 18.0 Å². The number of nitrogens with zero attached hydrogens (tertiary/aromatic N) is 1. The number of hydrazone groups is 1. The number of hydrogen-bond acceptors (Lipinski definition) is 6. The van der Waals surface area contributed by atoms with Gasteiger partial charge >= 0.3 is 11.8 Å². The SMILES string of the molecule is COc1ccc(C(C)NC(=O)C(=O)N/N=C/c2ccc(O)c(OC)c2)cc1. The molecule has 2 rings (SSSR count). The second kappa shape index (κ2) is 9.23. The van der Waals surface area contributed by atoms with Gasteiger partial charge in [-0.25, -0.2) is 5.43 Å². The zero-order valence-electron chi connectivity index (χ0n) is 15.2. The number of phenols is 1. The Morgan fingerprint density at radius 3 is 2.41 bits per heavy atom. The molecule has 0 radical (unpaired) electrons. The van der Waals surface area contributed by atoms with Crippen molar-refractivity contribution in [3.63, 3.8) is 0 Å². The van der Waals surface area contributed by atoms with Crippen molar-refractivity contribution in [1.82, 2.24) is 10.7 Å². The summed E-state index contributed by atoms with van der Waals surface area (Å²) in [5, 5.41) is 15.8. The minimum atomic E-state index is -0.891. The molecule has 2 aromatic rings. The first-order chi connectivity index (χ1) is 12.9. The highest BCUT2D eigenvalue weighted by Gasteiger charge is 2.16. The van der Waals surface area contributed by atoms with E-state index in [1.165, 1.54) is 25.5 Å². The highest BCUT2D eigenvalue weighted by atomic mass is 16.5. The fraction of sp³-hybridized carbons (Fsp3) is 0.211. The zero-order chi connectivity index (χ0) is 19.8. The van der Waals surface area contributed by atoms with E-state index in [0.717, 1.165) is 5.56 Å². The average Bonchev–Trinajstić information content (AvgIpc) is 2.69. The molecule has 8 nitrogen and oxygen atoms in total. The van der Waals surface area contributed by atoms with Gasteiger partial charge in [-0.2, -0.15) is 5.10 Å². The number of aromatic hydroxyl groups is 1. The maximum absolute atomic E-state index is 12.0. The lowest BCUT2D eigenvalue weighted by molar-refractivity contribution is -0.139. The number of carbonyl (C=O) groups excluding carboxylic acids is 2. The lowest BCUT2D eigenvalue weighted by atomic mass is 10.1. The van der Waals surface area contributed by atoms with Crippen LogP contribution >= 0.6 is 0 Å². The van der Waals surface area contributed by atoms with Crippen molar-refractivity contribution < 1.29 is 24.2 Å². The largest absolute Gasteiger partial charge is 0.504 e. The Hall–Kier alpha value is -3.55. The lowest BCUT2D eigenvalue weighted by Crippen LogP contribution is -2.39. The molecule has 0 aliphatic carbocycles. The lowest BCUT2D eigenvalue weighted by Gasteiger charge is -2.13. The molecule has 0 aliphatic rings. The fourth-order valence-electron chi connectivity index (χ4n) is 2.23. The molecule has 8 heteroatoms. The van der Waals surface area contributed by atoms with Gasteiger partial charge in [-0.3, -0.25) is 9.59 Å². The van der Waals surface area contributed by atoms with Crippen LogP contribution in [0.4, 0.5) is 0 Å². The van der Waals surface area contributed by atoms with E-state index < -0.39 is 11.8 Å². The predicted molar refractivity (Wildman–Crippen MR) is 99.9 cm³/mol. The van der Waals surface area contributed by atoms with Gasteiger partial charge in [0.05, 0.1) is 26.5 Å².